The summed E-state index contributed by atoms with van der Waals surface area (Å²) in [6.07, 6.45) is 0.995. The van der Waals surface area contributed by atoms with Crippen molar-refractivity contribution in [2.45, 2.75) is 31.6 Å². The Hall–Kier alpha value is -3.64. The number of esters is 1. The van der Waals surface area contributed by atoms with Crippen LogP contribution in [0.15, 0.2) is 78.9 Å². The highest BCUT2D eigenvalue weighted by Crippen LogP contribution is 2.60. The largest absolute Gasteiger partial charge is 0.460 e. The first kappa shape index (κ1) is 23.1. The average Bonchev–Trinajstić information content (AvgIpc) is 3.46. The second kappa shape index (κ2) is 9.55. The minimum absolute atomic E-state index is 0.0359. The zero-order valence-corrected chi connectivity index (χ0v) is 20.5. The smallest absolute Gasteiger partial charge is 0.378 e. The first-order valence-electron chi connectivity index (χ1n) is 11.8. The molecule has 0 amide bonds. The van der Waals surface area contributed by atoms with Gasteiger partial charge >= 0.3 is 5.97 Å². The Balaban J connectivity index is 1.47. The van der Waals surface area contributed by atoms with E-state index in [0.717, 1.165) is 22.7 Å². The predicted octanol–water partition coefficient (Wildman–Crippen LogP) is 5.94. The Labute approximate surface area is 209 Å². The summed E-state index contributed by atoms with van der Waals surface area (Å²) in [5.74, 6) is 0.349. The van der Waals surface area contributed by atoms with Gasteiger partial charge in [0, 0.05) is 17.0 Å². The molecule has 0 bridgehead atoms. The summed E-state index contributed by atoms with van der Waals surface area (Å²) in [6, 6.07) is 26.6. The third kappa shape index (κ3) is 4.66. The third-order valence-corrected chi connectivity index (χ3v) is 6.85. The molecule has 3 aromatic carbocycles. The lowest BCUT2D eigenvalue weighted by molar-refractivity contribution is 0.0512. The summed E-state index contributed by atoms with van der Waals surface area (Å²) in [7, 11) is 0. The van der Waals surface area contributed by atoms with Crippen molar-refractivity contribution in [2.24, 2.45) is 0 Å². The SMILES string of the molecule is CCOC(=O)c1nc(NC[C@@]2(c3ccccc3)C[C@@H]2c2ccc(Cl)cc2)n(-c2ccc(C)cc2)n1. The van der Waals surface area contributed by atoms with Crippen molar-refractivity contribution in [1.29, 1.82) is 0 Å². The number of aromatic nitrogens is 3. The monoisotopic (exact) mass is 486 g/mol. The molecule has 1 saturated carbocycles. The van der Waals surface area contributed by atoms with E-state index in [0.29, 0.717) is 18.4 Å². The lowest BCUT2D eigenvalue weighted by atomic mass is 9.90. The molecule has 0 spiro atoms. The molecule has 1 aliphatic rings. The summed E-state index contributed by atoms with van der Waals surface area (Å²) in [5.41, 5.74) is 4.37. The highest BCUT2D eigenvalue weighted by atomic mass is 35.5. The molecule has 5 rings (SSSR count). The summed E-state index contributed by atoms with van der Waals surface area (Å²) in [4.78, 5) is 16.9. The quantitative estimate of drug-likeness (QED) is 0.312. The number of benzene rings is 3. The maximum Gasteiger partial charge on any atom is 0.378 e. The van der Waals surface area contributed by atoms with Gasteiger partial charge < -0.3 is 10.1 Å². The molecule has 4 aromatic rings. The van der Waals surface area contributed by atoms with Crippen LogP contribution >= 0.6 is 11.6 Å². The minimum atomic E-state index is -0.537. The molecule has 1 aromatic heterocycles. The maximum absolute atomic E-state index is 12.4. The fourth-order valence-corrected chi connectivity index (χ4v) is 4.76. The topological polar surface area (TPSA) is 69.0 Å². The minimum Gasteiger partial charge on any atom is -0.460 e. The highest BCUT2D eigenvalue weighted by molar-refractivity contribution is 6.30. The van der Waals surface area contributed by atoms with Gasteiger partial charge in [0.05, 0.1) is 12.3 Å². The molecule has 0 unspecified atom stereocenters. The average molecular weight is 487 g/mol. The normalized spacial score (nSPS) is 18.8. The predicted molar refractivity (Wildman–Crippen MR) is 137 cm³/mol. The van der Waals surface area contributed by atoms with E-state index in [2.05, 4.69) is 51.8 Å². The zero-order chi connectivity index (χ0) is 24.4. The fourth-order valence-electron chi connectivity index (χ4n) is 4.64. The first-order valence-corrected chi connectivity index (χ1v) is 12.1. The Morgan fingerprint density at radius 3 is 2.49 bits per heavy atom. The Morgan fingerprint density at radius 2 is 1.80 bits per heavy atom. The van der Waals surface area contributed by atoms with Crippen molar-refractivity contribution in [3.8, 4) is 5.69 Å². The van der Waals surface area contributed by atoms with Crippen molar-refractivity contribution in [2.75, 3.05) is 18.5 Å². The van der Waals surface area contributed by atoms with Crippen molar-refractivity contribution < 1.29 is 9.53 Å². The van der Waals surface area contributed by atoms with Gasteiger partial charge in [-0.3, -0.25) is 0 Å². The van der Waals surface area contributed by atoms with E-state index >= 15 is 0 Å². The van der Waals surface area contributed by atoms with Crippen LogP contribution in [0.25, 0.3) is 5.69 Å². The number of halogens is 1. The second-order valence-electron chi connectivity index (χ2n) is 8.91. The van der Waals surface area contributed by atoms with Gasteiger partial charge in [-0.1, -0.05) is 71.8 Å². The maximum atomic E-state index is 12.4. The van der Waals surface area contributed by atoms with Gasteiger partial charge in [0.25, 0.3) is 5.82 Å². The summed E-state index contributed by atoms with van der Waals surface area (Å²) < 4.78 is 6.82. The number of ether oxygens (including phenoxy) is 1. The number of aryl methyl sites for hydroxylation is 1. The van der Waals surface area contributed by atoms with Crippen LogP contribution in [0.4, 0.5) is 5.95 Å². The van der Waals surface area contributed by atoms with Crippen molar-refractivity contribution in [1.82, 2.24) is 14.8 Å². The number of anilines is 1. The van der Waals surface area contributed by atoms with E-state index in [9.17, 15) is 4.79 Å². The Morgan fingerprint density at radius 1 is 1.09 bits per heavy atom. The molecule has 6 nitrogen and oxygen atoms in total. The van der Waals surface area contributed by atoms with Gasteiger partial charge in [-0.15, -0.1) is 5.10 Å². The molecule has 35 heavy (non-hydrogen) atoms. The van der Waals surface area contributed by atoms with E-state index in [1.807, 2.05) is 49.4 Å². The first-order chi connectivity index (χ1) is 17.0. The molecule has 1 fully saturated rings. The standard InChI is InChI=1S/C28H27ClN4O2/c1-3-35-26(34)25-31-27(33(32-25)23-15-9-19(2)10-16-23)30-18-28(21-7-5-4-6-8-21)17-24(28)20-11-13-22(29)14-12-20/h4-16,24H,3,17-18H2,1-2H3,(H,30,31,32)/t24-,28-/m1/s1. The van der Waals surface area contributed by atoms with Crippen molar-refractivity contribution >= 4 is 23.5 Å². The molecule has 1 heterocycles. The van der Waals surface area contributed by atoms with Gasteiger partial charge in [-0.2, -0.15) is 9.67 Å². The van der Waals surface area contributed by atoms with Crippen molar-refractivity contribution in [3.63, 3.8) is 0 Å². The van der Waals surface area contributed by atoms with Crippen LogP contribution in [-0.4, -0.2) is 33.9 Å². The van der Waals surface area contributed by atoms with E-state index in [4.69, 9.17) is 16.3 Å². The number of hydrogen-bond donors (Lipinski definition) is 1. The second-order valence-corrected chi connectivity index (χ2v) is 9.35. The number of rotatable bonds is 8. The summed E-state index contributed by atoms with van der Waals surface area (Å²) in [6.45, 7) is 4.70. The molecular weight excluding hydrogens is 460 g/mol. The number of carbonyl (C=O) groups is 1. The molecular formula is C28H27ClN4O2. The lowest BCUT2D eigenvalue weighted by Gasteiger charge is -2.20. The third-order valence-electron chi connectivity index (χ3n) is 6.60. The van der Waals surface area contributed by atoms with Crippen LogP contribution < -0.4 is 5.32 Å². The van der Waals surface area contributed by atoms with Crippen LogP contribution in [0.2, 0.25) is 5.02 Å². The van der Waals surface area contributed by atoms with Crippen molar-refractivity contribution in [3.05, 3.63) is 106 Å². The van der Waals surface area contributed by atoms with E-state index in [-0.39, 0.29) is 17.8 Å². The van der Waals surface area contributed by atoms with Crippen LogP contribution in [0.5, 0.6) is 0 Å². The van der Waals surface area contributed by atoms with Crippen LogP contribution in [0, 0.1) is 6.92 Å². The van der Waals surface area contributed by atoms with Crippen LogP contribution in [0.1, 0.15) is 46.6 Å². The molecule has 2 atom stereocenters. The molecule has 0 radical (unpaired) electrons. The number of nitrogens with one attached hydrogen (secondary N) is 1. The van der Waals surface area contributed by atoms with E-state index in [1.54, 1.807) is 11.6 Å². The number of nitrogens with zero attached hydrogens (tertiary/aromatic N) is 3. The fraction of sp³-hybridized carbons (Fsp3) is 0.250. The molecule has 0 saturated heterocycles. The Bertz CT molecular complexity index is 1320. The molecule has 0 aliphatic heterocycles. The van der Waals surface area contributed by atoms with Gasteiger partial charge in [0.2, 0.25) is 5.95 Å². The lowest BCUT2D eigenvalue weighted by Crippen LogP contribution is -2.23. The molecule has 7 heteroatoms. The van der Waals surface area contributed by atoms with Gasteiger partial charge in [0.1, 0.15) is 0 Å². The van der Waals surface area contributed by atoms with E-state index in [1.165, 1.54) is 11.1 Å². The summed E-state index contributed by atoms with van der Waals surface area (Å²) >= 11 is 6.13. The molecule has 1 N–H and O–H groups in total. The van der Waals surface area contributed by atoms with Gasteiger partial charge in [-0.05, 0) is 61.6 Å². The van der Waals surface area contributed by atoms with Crippen LogP contribution in [-0.2, 0) is 10.2 Å². The van der Waals surface area contributed by atoms with Gasteiger partial charge in [-0.25, -0.2) is 4.79 Å². The van der Waals surface area contributed by atoms with Crippen LogP contribution in [0.3, 0.4) is 0 Å². The summed E-state index contributed by atoms with van der Waals surface area (Å²) in [5, 5.41) is 8.71. The zero-order valence-electron chi connectivity index (χ0n) is 19.7. The molecule has 178 valence electrons. The number of carbonyl (C=O) groups excluding carboxylic acids is 1. The van der Waals surface area contributed by atoms with E-state index < -0.39 is 5.97 Å². The van der Waals surface area contributed by atoms with Gasteiger partial charge in [0.15, 0.2) is 0 Å². The molecule has 1 aliphatic carbocycles. The Kier molecular flexibility index (Phi) is 6.31. The highest BCUT2D eigenvalue weighted by Gasteiger charge is 2.55. The number of hydrogen-bond acceptors (Lipinski definition) is 5.